The molecule has 1 aromatic rings. The van der Waals surface area contributed by atoms with E-state index in [1.165, 1.54) is 12.1 Å². The third-order valence-corrected chi connectivity index (χ3v) is 3.06. The zero-order chi connectivity index (χ0) is 12.3. The number of hydrogen-bond donors (Lipinski definition) is 0. The lowest BCUT2D eigenvalue weighted by atomic mass is 10.0. The highest BCUT2D eigenvalue weighted by molar-refractivity contribution is 5.43. The van der Waals surface area contributed by atoms with Crippen molar-refractivity contribution >= 4 is 0 Å². The highest BCUT2D eigenvalue weighted by atomic mass is 19.1. The Balaban J connectivity index is 2.06. The van der Waals surface area contributed by atoms with Crippen LogP contribution in [0.2, 0.25) is 0 Å². The van der Waals surface area contributed by atoms with Crippen molar-refractivity contribution in [3.63, 3.8) is 0 Å². The summed E-state index contributed by atoms with van der Waals surface area (Å²) in [6.45, 7) is 3.09. The summed E-state index contributed by atoms with van der Waals surface area (Å²) in [5, 5.41) is 8.87. The van der Waals surface area contributed by atoms with Crippen LogP contribution in [0, 0.1) is 23.1 Å². The van der Waals surface area contributed by atoms with E-state index in [-0.39, 0.29) is 23.3 Å². The van der Waals surface area contributed by atoms with Crippen LogP contribution in [0.4, 0.5) is 4.39 Å². The number of nitriles is 1. The van der Waals surface area contributed by atoms with E-state index in [1.807, 2.05) is 13.0 Å². The van der Waals surface area contributed by atoms with Crippen molar-refractivity contribution in [1.29, 1.82) is 5.26 Å². The van der Waals surface area contributed by atoms with Gasteiger partial charge in [-0.15, -0.1) is 0 Å². The minimum absolute atomic E-state index is 0.0501. The Labute approximate surface area is 99.8 Å². The van der Waals surface area contributed by atoms with Crippen molar-refractivity contribution in [2.24, 2.45) is 5.92 Å². The van der Waals surface area contributed by atoms with Gasteiger partial charge in [-0.05, 0) is 25.5 Å². The molecule has 1 aromatic carbocycles. The molecule has 0 bridgehead atoms. The van der Waals surface area contributed by atoms with Crippen molar-refractivity contribution in [2.75, 3.05) is 13.2 Å². The van der Waals surface area contributed by atoms with Crippen molar-refractivity contribution in [2.45, 2.75) is 19.4 Å². The molecule has 0 aliphatic carbocycles. The van der Waals surface area contributed by atoms with E-state index in [0.717, 1.165) is 13.0 Å². The summed E-state index contributed by atoms with van der Waals surface area (Å²) >= 11 is 0. The standard InChI is InChI=1S/C13H14FNO2/c1-9-11(5-6-16-9)8-17-13-10(7-15)3-2-4-12(13)14/h2-4,9,11H,5-6,8H2,1H3. The fraction of sp³-hybridized carbons (Fsp3) is 0.462. The summed E-state index contributed by atoms with van der Waals surface area (Å²) in [7, 11) is 0. The number of ether oxygens (including phenoxy) is 2. The van der Waals surface area contributed by atoms with Gasteiger partial charge >= 0.3 is 0 Å². The molecule has 1 fully saturated rings. The minimum atomic E-state index is -0.490. The molecule has 90 valence electrons. The molecule has 0 saturated carbocycles. The van der Waals surface area contributed by atoms with Crippen molar-refractivity contribution < 1.29 is 13.9 Å². The Morgan fingerprint density at radius 1 is 1.59 bits per heavy atom. The third-order valence-electron chi connectivity index (χ3n) is 3.06. The van der Waals surface area contributed by atoms with Gasteiger partial charge in [0.25, 0.3) is 0 Å². The molecule has 1 saturated heterocycles. The number of hydrogen-bond acceptors (Lipinski definition) is 3. The predicted molar refractivity (Wildman–Crippen MR) is 60.1 cm³/mol. The lowest BCUT2D eigenvalue weighted by Crippen LogP contribution is -2.19. The normalized spacial score (nSPS) is 23.4. The van der Waals surface area contributed by atoms with Crippen LogP contribution in [0.3, 0.4) is 0 Å². The van der Waals surface area contributed by atoms with E-state index in [9.17, 15) is 4.39 Å². The molecule has 1 aliphatic rings. The molecule has 17 heavy (non-hydrogen) atoms. The Morgan fingerprint density at radius 3 is 3.06 bits per heavy atom. The average molecular weight is 235 g/mol. The second-order valence-corrected chi connectivity index (χ2v) is 4.16. The Hall–Kier alpha value is -1.60. The van der Waals surface area contributed by atoms with Crippen molar-refractivity contribution in [1.82, 2.24) is 0 Å². The van der Waals surface area contributed by atoms with Gasteiger partial charge in [0.05, 0.1) is 18.3 Å². The molecule has 1 aliphatic heterocycles. The maximum atomic E-state index is 13.5. The molecule has 0 N–H and O–H groups in total. The largest absolute Gasteiger partial charge is 0.489 e. The summed E-state index contributed by atoms with van der Waals surface area (Å²) in [6, 6.07) is 6.27. The van der Waals surface area contributed by atoms with E-state index < -0.39 is 5.82 Å². The van der Waals surface area contributed by atoms with Gasteiger partial charge in [-0.2, -0.15) is 5.26 Å². The molecular weight excluding hydrogens is 221 g/mol. The minimum Gasteiger partial charge on any atom is -0.489 e. The van der Waals surface area contributed by atoms with Gasteiger partial charge < -0.3 is 9.47 Å². The first-order valence-electron chi connectivity index (χ1n) is 5.65. The van der Waals surface area contributed by atoms with E-state index in [0.29, 0.717) is 6.61 Å². The summed E-state index contributed by atoms with van der Waals surface area (Å²) < 4.78 is 24.3. The first kappa shape index (κ1) is 11.9. The van der Waals surface area contributed by atoms with Crippen LogP contribution in [0.15, 0.2) is 18.2 Å². The summed E-state index contributed by atoms with van der Waals surface area (Å²) in [5.74, 6) is -0.175. The van der Waals surface area contributed by atoms with E-state index in [1.54, 1.807) is 6.07 Å². The van der Waals surface area contributed by atoms with Gasteiger partial charge in [-0.1, -0.05) is 6.07 Å². The first-order chi connectivity index (χ1) is 8.22. The molecule has 0 spiro atoms. The molecule has 3 nitrogen and oxygen atoms in total. The highest BCUT2D eigenvalue weighted by Crippen LogP contribution is 2.25. The quantitative estimate of drug-likeness (QED) is 0.808. The molecule has 2 atom stereocenters. The van der Waals surface area contributed by atoms with Crippen molar-refractivity contribution in [3.05, 3.63) is 29.6 Å². The fourth-order valence-electron chi connectivity index (χ4n) is 1.93. The Kier molecular flexibility index (Phi) is 3.60. The highest BCUT2D eigenvalue weighted by Gasteiger charge is 2.25. The number of nitrogens with zero attached hydrogens (tertiary/aromatic N) is 1. The molecule has 2 rings (SSSR count). The lowest BCUT2D eigenvalue weighted by molar-refractivity contribution is 0.0897. The number of rotatable bonds is 3. The van der Waals surface area contributed by atoms with Crippen LogP contribution < -0.4 is 4.74 Å². The Bertz CT molecular complexity index is 442. The topological polar surface area (TPSA) is 42.2 Å². The molecule has 0 aromatic heterocycles. The van der Waals surface area contributed by atoms with Crippen LogP contribution in [-0.2, 0) is 4.74 Å². The van der Waals surface area contributed by atoms with Crippen LogP contribution >= 0.6 is 0 Å². The van der Waals surface area contributed by atoms with Gasteiger partial charge in [-0.3, -0.25) is 0 Å². The summed E-state index contributed by atoms with van der Waals surface area (Å²) in [4.78, 5) is 0. The molecule has 2 unspecified atom stereocenters. The van der Waals surface area contributed by atoms with Gasteiger partial charge in [0.15, 0.2) is 11.6 Å². The van der Waals surface area contributed by atoms with Gasteiger partial charge in [-0.25, -0.2) is 4.39 Å². The second-order valence-electron chi connectivity index (χ2n) is 4.16. The average Bonchev–Trinajstić information content (AvgIpc) is 2.73. The van der Waals surface area contributed by atoms with Crippen LogP contribution in [0.5, 0.6) is 5.75 Å². The zero-order valence-electron chi connectivity index (χ0n) is 9.65. The first-order valence-corrected chi connectivity index (χ1v) is 5.65. The summed E-state index contributed by atoms with van der Waals surface area (Å²) in [6.07, 6.45) is 1.05. The van der Waals surface area contributed by atoms with Crippen LogP contribution in [0.1, 0.15) is 18.9 Å². The fourth-order valence-corrected chi connectivity index (χ4v) is 1.93. The van der Waals surface area contributed by atoms with Crippen molar-refractivity contribution in [3.8, 4) is 11.8 Å². The molecular formula is C13H14FNO2. The van der Waals surface area contributed by atoms with E-state index >= 15 is 0 Å². The number of halogens is 1. The molecule has 4 heteroatoms. The second kappa shape index (κ2) is 5.15. The van der Waals surface area contributed by atoms with Crippen LogP contribution in [0.25, 0.3) is 0 Å². The molecule has 0 radical (unpaired) electrons. The van der Waals surface area contributed by atoms with Crippen LogP contribution in [-0.4, -0.2) is 19.3 Å². The maximum Gasteiger partial charge on any atom is 0.172 e. The number of para-hydroxylation sites is 1. The lowest BCUT2D eigenvalue weighted by Gasteiger charge is -2.15. The molecule has 1 heterocycles. The Morgan fingerprint density at radius 2 is 2.41 bits per heavy atom. The third kappa shape index (κ3) is 2.56. The maximum absolute atomic E-state index is 13.5. The van der Waals surface area contributed by atoms with E-state index in [2.05, 4.69) is 0 Å². The zero-order valence-corrected chi connectivity index (χ0v) is 9.65. The summed E-state index contributed by atoms with van der Waals surface area (Å²) in [5.41, 5.74) is 0.233. The molecule has 0 amide bonds. The SMILES string of the molecule is CC1OCCC1COc1c(F)cccc1C#N. The monoisotopic (exact) mass is 235 g/mol. The number of benzene rings is 1. The smallest absolute Gasteiger partial charge is 0.172 e. The van der Waals surface area contributed by atoms with Gasteiger partial charge in [0.1, 0.15) is 6.07 Å². The predicted octanol–water partition coefficient (Wildman–Crippen LogP) is 2.50. The van der Waals surface area contributed by atoms with Gasteiger partial charge in [0, 0.05) is 12.5 Å². The van der Waals surface area contributed by atoms with Gasteiger partial charge in [0.2, 0.25) is 0 Å². The van der Waals surface area contributed by atoms with E-state index in [4.69, 9.17) is 14.7 Å².